The number of ether oxygens (including phenoxy) is 2. The molecule has 2 bridgehead atoms. The van der Waals surface area contributed by atoms with Crippen LogP contribution in [0.25, 0.3) is 0 Å². The topological polar surface area (TPSA) is 99.4 Å². The van der Waals surface area contributed by atoms with Gasteiger partial charge in [0.25, 0.3) is 0 Å². The fourth-order valence-electron chi connectivity index (χ4n) is 4.25. The van der Waals surface area contributed by atoms with Crippen molar-refractivity contribution >= 4 is 0 Å². The van der Waals surface area contributed by atoms with Crippen LogP contribution in [0.5, 0.6) is 0 Å². The molecule has 0 aromatic carbocycles. The number of aliphatic hydroxyl groups is 4. The van der Waals surface area contributed by atoms with Crippen molar-refractivity contribution in [1.82, 2.24) is 0 Å². The van der Waals surface area contributed by atoms with Crippen molar-refractivity contribution in [2.45, 2.75) is 64.0 Å². The van der Waals surface area contributed by atoms with Gasteiger partial charge in [0.1, 0.15) is 24.4 Å². The van der Waals surface area contributed by atoms with Crippen LogP contribution in [-0.2, 0) is 9.47 Å². The Balaban J connectivity index is 1.74. The molecule has 126 valence electrons. The summed E-state index contributed by atoms with van der Waals surface area (Å²) < 4.78 is 11.4. The van der Waals surface area contributed by atoms with Gasteiger partial charge in [-0.1, -0.05) is 25.5 Å². The summed E-state index contributed by atoms with van der Waals surface area (Å²) in [6.07, 6.45) is -3.16. The first kappa shape index (κ1) is 16.4. The molecule has 4 N–H and O–H groups in total. The number of hydrogen-bond acceptors (Lipinski definition) is 6. The first-order valence-electron chi connectivity index (χ1n) is 7.91. The van der Waals surface area contributed by atoms with Crippen LogP contribution in [0, 0.1) is 17.3 Å². The van der Waals surface area contributed by atoms with Gasteiger partial charge >= 0.3 is 0 Å². The second kappa shape index (κ2) is 5.54. The van der Waals surface area contributed by atoms with E-state index < -0.39 is 37.3 Å². The maximum atomic E-state index is 10.1. The second-order valence-electron chi connectivity index (χ2n) is 7.42. The van der Waals surface area contributed by atoms with Crippen LogP contribution >= 0.6 is 0 Å². The van der Waals surface area contributed by atoms with E-state index in [4.69, 9.17) is 9.47 Å². The zero-order chi connectivity index (χ0) is 16.2. The third kappa shape index (κ3) is 2.33. The summed E-state index contributed by atoms with van der Waals surface area (Å²) >= 11 is 0. The largest absolute Gasteiger partial charge is 0.394 e. The Morgan fingerprint density at radius 1 is 1.23 bits per heavy atom. The average molecular weight is 314 g/mol. The molecular weight excluding hydrogens is 288 g/mol. The molecule has 1 heterocycles. The Morgan fingerprint density at radius 3 is 2.45 bits per heavy atom. The predicted octanol–water partition coefficient (Wildman–Crippen LogP) is -0.206. The van der Waals surface area contributed by atoms with Crippen molar-refractivity contribution in [3.8, 4) is 0 Å². The summed E-state index contributed by atoms with van der Waals surface area (Å²) in [5.41, 5.74) is 1.43. The minimum absolute atomic E-state index is 0.150. The van der Waals surface area contributed by atoms with Crippen LogP contribution in [0.4, 0.5) is 0 Å². The standard InChI is InChI=1S/C16H26O6/c1-7-4-10(9-5-8(7)16(9,2)3)21-15-14(20)13(19)12(18)11(6-17)22-15/h4,8-15,17-20H,5-6H2,1-3H3/t8-,9+,10+,11-,12-,13+,14-,15-/m1/s1. The quantitative estimate of drug-likeness (QED) is 0.538. The summed E-state index contributed by atoms with van der Waals surface area (Å²) in [5.74, 6) is 0.917. The van der Waals surface area contributed by atoms with E-state index in [1.807, 2.05) is 0 Å². The molecule has 0 aromatic rings. The summed E-state index contributed by atoms with van der Waals surface area (Å²) in [7, 11) is 0. The first-order chi connectivity index (χ1) is 10.3. The van der Waals surface area contributed by atoms with Gasteiger partial charge in [0.05, 0.1) is 12.7 Å². The summed E-state index contributed by atoms with van der Waals surface area (Å²) in [4.78, 5) is 0. The Bertz CT molecular complexity index is 460. The lowest BCUT2D eigenvalue weighted by Crippen LogP contribution is -2.61. The highest BCUT2D eigenvalue weighted by Gasteiger charge is 2.56. The van der Waals surface area contributed by atoms with E-state index in [2.05, 4.69) is 26.8 Å². The fraction of sp³-hybridized carbons (Fsp3) is 0.875. The van der Waals surface area contributed by atoms with Gasteiger partial charge in [-0.2, -0.15) is 0 Å². The predicted molar refractivity (Wildman–Crippen MR) is 77.8 cm³/mol. The molecule has 3 aliphatic carbocycles. The molecule has 1 saturated heterocycles. The molecule has 4 aliphatic rings. The van der Waals surface area contributed by atoms with Crippen molar-refractivity contribution in [1.29, 1.82) is 0 Å². The van der Waals surface area contributed by atoms with E-state index in [1.165, 1.54) is 5.57 Å². The minimum Gasteiger partial charge on any atom is -0.394 e. The number of aliphatic hydroxyl groups excluding tert-OH is 4. The molecule has 0 unspecified atom stereocenters. The van der Waals surface area contributed by atoms with Gasteiger partial charge in [-0.3, -0.25) is 0 Å². The number of fused-ring (bicyclic) bond motifs is 1. The van der Waals surface area contributed by atoms with E-state index in [1.54, 1.807) is 0 Å². The van der Waals surface area contributed by atoms with Gasteiger partial charge in [0.2, 0.25) is 0 Å². The van der Waals surface area contributed by atoms with Crippen LogP contribution in [-0.4, -0.2) is 63.8 Å². The molecule has 6 heteroatoms. The number of hydrogen-bond donors (Lipinski definition) is 4. The van der Waals surface area contributed by atoms with E-state index in [0.717, 1.165) is 6.42 Å². The molecule has 2 fully saturated rings. The van der Waals surface area contributed by atoms with Crippen molar-refractivity contribution in [2.24, 2.45) is 17.3 Å². The average Bonchev–Trinajstić information content (AvgIpc) is 2.46. The Kier molecular flexibility index (Phi) is 4.12. The summed E-state index contributed by atoms with van der Waals surface area (Å²) in [6.45, 7) is 6.07. The molecule has 1 aliphatic heterocycles. The minimum atomic E-state index is -1.40. The summed E-state index contributed by atoms with van der Waals surface area (Å²) in [6, 6.07) is 0. The van der Waals surface area contributed by atoms with Crippen LogP contribution in [0.2, 0.25) is 0 Å². The number of allylic oxidation sites excluding steroid dienone is 1. The van der Waals surface area contributed by atoms with Crippen molar-refractivity contribution in [3.05, 3.63) is 11.6 Å². The molecule has 0 aromatic heterocycles. The molecule has 6 nitrogen and oxygen atoms in total. The van der Waals surface area contributed by atoms with Crippen molar-refractivity contribution in [2.75, 3.05) is 6.61 Å². The Morgan fingerprint density at radius 2 is 1.91 bits per heavy atom. The highest BCUT2D eigenvalue weighted by molar-refractivity contribution is 5.25. The lowest BCUT2D eigenvalue weighted by atomic mass is 9.48. The van der Waals surface area contributed by atoms with Gasteiger partial charge in [0.15, 0.2) is 6.29 Å². The molecule has 0 spiro atoms. The highest BCUT2D eigenvalue weighted by Crippen LogP contribution is 2.59. The molecular formula is C16H26O6. The normalized spacial score (nSPS) is 50.2. The lowest BCUT2D eigenvalue weighted by Gasteiger charge is -2.59. The van der Waals surface area contributed by atoms with Gasteiger partial charge in [-0.15, -0.1) is 0 Å². The maximum Gasteiger partial charge on any atom is 0.187 e. The molecule has 1 saturated carbocycles. The van der Waals surface area contributed by atoms with Crippen molar-refractivity contribution in [3.63, 3.8) is 0 Å². The zero-order valence-electron chi connectivity index (χ0n) is 13.2. The first-order valence-corrected chi connectivity index (χ1v) is 7.91. The Labute approximate surface area is 130 Å². The molecule has 8 atom stereocenters. The monoisotopic (exact) mass is 314 g/mol. The van der Waals surface area contributed by atoms with Crippen LogP contribution in [0.3, 0.4) is 0 Å². The smallest absolute Gasteiger partial charge is 0.187 e. The van der Waals surface area contributed by atoms with E-state index in [0.29, 0.717) is 11.8 Å². The molecule has 22 heavy (non-hydrogen) atoms. The third-order valence-electron chi connectivity index (χ3n) is 5.86. The van der Waals surface area contributed by atoms with Crippen LogP contribution < -0.4 is 0 Å². The van der Waals surface area contributed by atoms with E-state index in [9.17, 15) is 20.4 Å². The highest BCUT2D eigenvalue weighted by atomic mass is 16.7. The maximum absolute atomic E-state index is 10.1. The third-order valence-corrected chi connectivity index (χ3v) is 5.86. The van der Waals surface area contributed by atoms with Gasteiger partial charge in [-0.05, 0) is 30.6 Å². The molecule has 4 rings (SSSR count). The van der Waals surface area contributed by atoms with Crippen molar-refractivity contribution < 1.29 is 29.9 Å². The second-order valence-corrected chi connectivity index (χ2v) is 7.42. The van der Waals surface area contributed by atoms with Gasteiger partial charge in [-0.25, -0.2) is 0 Å². The molecule has 0 radical (unpaired) electrons. The lowest BCUT2D eigenvalue weighted by molar-refractivity contribution is -0.318. The van der Waals surface area contributed by atoms with E-state index >= 15 is 0 Å². The molecule has 0 amide bonds. The zero-order valence-corrected chi connectivity index (χ0v) is 13.2. The van der Waals surface area contributed by atoms with Gasteiger partial charge < -0.3 is 29.9 Å². The van der Waals surface area contributed by atoms with Crippen LogP contribution in [0.15, 0.2) is 11.6 Å². The van der Waals surface area contributed by atoms with Crippen LogP contribution in [0.1, 0.15) is 27.2 Å². The van der Waals surface area contributed by atoms with Gasteiger partial charge in [0, 0.05) is 0 Å². The van der Waals surface area contributed by atoms with E-state index in [-0.39, 0.29) is 11.5 Å². The number of rotatable bonds is 3. The fourth-order valence-corrected chi connectivity index (χ4v) is 4.25. The summed E-state index contributed by atoms with van der Waals surface area (Å²) in [5, 5.41) is 39.0. The Hall–Kier alpha value is -0.500. The SMILES string of the molecule is CC1=C[C@H](O[C@@H]2O[C@H](CO)[C@@H](O)[C@H](O)[C@H]2O)[C@@H]2C[C@H]1C2(C)C.